The van der Waals surface area contributed by atoms with Crippen LogP contribution in [0.1, 0.15) is 70.8 Å². The van der Waals surface area contributed by atoms with E-state index in [0.717, 1.165) is 36.9 Å². The number of nitrogens with one attached hydrogen (secondary N) is 2. The van der Waals surface area contributed by atoms with Gasteiger partial charge in [-0.05, 0) is 49.3 Å². The third-order valence-corrected chi connectivity index (χ3v) is 5.44. The van der Waals surface area contributed by atoms with Crippen molar-refractivity contribution in [2.24, 2.45) is 5.92 Å². The van der Waals surface area contributed by atoms with Crippen LogP contribution >= 0.6 is 0 Å². The fourth-order valence-electron chi connectivity index (χ4n) is 3.80. The molecule has 0 heterocycles. The average Bonchev–Trinajstić information content (AvgIpc) is 3.37. The van der Waals surface area contributed by atoms with Crippen molar-refractivity contribution in [3.8, 4) is 0 Å². The predicted molar refractivity (Wildman–Crippen MR) is 100 cm³/mol. The van der Waals surface area contributed by atoms with Crippen molar-refractivity contribution >= 4 is 17.5 Å². The van der Waals surface area contributed by atoms with Gasteiger partial charge in [-0.3, -0.25) is 9.59 Å². The van der Waals surface area contributed by atoms with Crippen molar-refractivity contribution in [3.63, 3.8) is 0 Å². The van der Waals surface area contributed by atoms with Crippen molar-refractivity contribution in [1.82, 2.24) is 5.32 Å². The molecule has 136 valence electrons. The van der Waals surface area contributed by atoms with Crippen LogP contribution < -0.4 is 10.6 Å². The molecule has 2 aliphatic rings. The maximum Gasteiger partial charge on any atom is 0.230 e. The lowest BCUT2D eigenvalue weighted by Crippen LogP contribution is -2.42. The maximum absolute atomic E-state index is 12.8. The number of rotatable bonds is 6. The first-order chi connectivity index (χ1) is 12.0. The van der Waals surface area contributed by atoms with E-state index in [4.69, 9.17) is 0 Å². The summed E-state index contributed by atoms with van der Waals surface area (Å²) in [7, 11) is 0. The Labute approximate surface area is 150 Å². The van der Waals surface area contributed by atoms with Gasteiger partial charge in [0.05, 0.1) is 5.41 Å². The van der Waals surface area contributed by atoms with E-state index in [1.807, 2.05) is 38.1 Å². The zero-order valence-electron chi connectivity index (χ0n) is 15.4. The smallest absolute Gasteiger partial charge is 0.230 e. The molecule has 2 fully saturated rings. The highest BCUT2D eigenvalue weighted by atomic mass is 16.2. The van der Waals surface area contributed by atoms with Crippen LogP contribution in [-0.4, -0.2) is 17.9 Å². The van der Waals surface area contributed by atoms with Gasteiger partial charge in [-0.1, -0.05) is 45.2 Å². The second-order valence-electron chi connectivity index (χ2n) is 8.11. The molecular weight excluding hydrogens is 312 g/mol. The summed E-state index contributed by atoms with van der Waals surface area (Å²) in [5.41, 5.74) is 1.54. The minimum atomic E-state index is -0.335. The summed E-state index contributed by atoms with van der Waals surface area (Å²) in [6.45, 7) is 4.06. The lowest BCUT2D eigenvalue weighted by atomic mass is 9.91. The quantitative estimate of drug-likeness (QED) is 0.816. The third kappa shape index (κ3) is 4.42. The zero-order chi connectivity index (χ0) is 17.9. The van der Waals surface area contributed by atoms with E-state index in [1.165, 1.54) is 19.3 Å². The number of carbonyl (C=O) groups is 2. The van der Waals surface area contributed by atoms with Crippen LogP contribution in [0.2, 0.25) is 0 Å². The molecule has 0 bridgehead atoms. The molecule has 0 aliphatic heterocycles. The Kier molecular flexibility index (Phi) is 5.45. The monoisotopic (exact) mass is 342 g/mol. The molecule has 4 nitrogen and oxygen atoms in total. The van der Waals surface area contributed by atoms with Crippen LogP contribution in [0.3, 0.4) is 0 Å². The third-order valence-electron chi connectivity index (χ3n) is 5.44. The highest BCUT2D eigenvalue weighted by molar-refractivity contribution is 5.93. The first kappa shape index (κ1) is 18.0. The molecule has 3 rings (SSSR count). The van der Waals surface area contributed by atoms with Crippen LogP contribution in [-0.2, 0) is 15.0 Å². The molecule has 2 amide bonds. The Morgan fingerprint density at radius 2 is 1.72 bits per heavy atom. The van der Waals surface area contributed by atoms with Crippen LogP contribution in [0.25, 0.3) is 0 Å². The Morgan fingerprint density at radius 3 is 2.28 bits per heavy atom. The van der Waals surface area contributed by atoms with Crippen LogP contribution in [0.5, 0.6) is 0 Å². The predicted octanol–water partition coefficient (Wildman–Crippen LogP) is 4.15. The van der Waals surface area contributed by atoms with E-state index in [2.05, 4.69) is 10.6 Å². The SMILES string of the molecule is CC(C)CC(=O)Nc1ccc(C2(C(=O)NC3CCCCC3)CC2)cc1. The Hall–Kier alpha value is -1.84. The molecule has 1 aromatic carbocycles. The number of carbonyl (C=O) groups excluding carboxylic acids is 2. The summed E-state index contributed by atoms with van der Waals surface area (Å²) in [6, 6.07) is 8.19. The first-order valence-corrected chi connectivity index (χ1v) is 9.71. The molecular formula is C21H30N2O2. The summed E-state index contributed by atoms with van der Waals surface area (Å²) in [4.78, 5) is 24.7. The van der Waals surface area contributed by atoms with Crippen molar-refractivity contribution in [3.05, 3.63) is 29.8 Å². The molecule has 2 aliphatic carbocycles. The van der Waals surface area contributed by atoms with Crippen LogP contribution in [0.15, 0.2) is 24.3 Å². The van der Waals surface area contributed by atoms with Gasteiger partial charge in [0.25, 0.3) is 0 Å². The fourth-order valence-corrected chi connectivity index (χ4v) is 3.80. The van der Waals surface area contributed by atoms with Gasteiger partial charge in [-0.2, -0.15) is 0 Å². The number of hydrogen-bond donors (Lipinski definition) is 2. The molecule has 0 aromatic heterocycles. The molecule has 1 aromatic rings. The van der Waals surface area contributed by atoms with Gasteiger partial charge in [-0.25, -0.2) is 0 Å². The number of amides is 2. The van der Waals surface area contributed by atoms with Crippen molar-refractivity contribution in [1.29, 1.82) is 0 Å². The van der Waals surface area contributed by atoms with Crippen molar-refractivity contribution in [2.45, 2.75) is 76.7 Å². The molecule has 2 saturated carbocycles. The highest BCUT2D eigenvalue weighted by Crippen LogP contribution is 2.48. The van der Waals surface area contributed by atoms with Gasteiger partial charge in [-0.15, -0.1) is 0 Å². The lowest BCUT2D eigenvalue weighted by Gasteiger charge is -2.25. The van der Waals surface area contributed by atoms with Crippen LogP contribution in [0.4, 0.5) is 5.69 Å². The molecule has 0 unspecified atom stereocenters. The van der Waals surface area contributed by atoms with Gasteiger partial charge in [0, 0.05) is 18.2 Å². The standard InChI is InChI=1S/C21H30N2O2/c1-15(2)14-19(24)22-18-10-8-16(9-11-18)21(12-13-21)20(25)23-17-6-4-3-5-7-17/h8-11,15,17H,3-7,12-14H2,1-2H3,(H,22,24)(H,23,25). The molecule has 25 heavy (non-hydrogen) atoms. The van der Waals surface area contributed by atoms with Crippen molar-refractivity contribution < 1.29 is 9.59 Å². The first-order valence-electron chi connectivity index (χ1n) is 9.71. The average molecular weight is 342 g/mol. The highest BCUT2D eigenvalue weighted by Gasteiger charge is 2.51. The number of hydrogen-bond acceptors (Lipinski definition) is 2. The Balaban J connectivity index is 1.60. The van der Waals surface area contributed by atoms with Gasteiger partial charge in [0.1, 0.15) is 0 Å². The summed E-state index contributed by atoms with van der Waals surface area (Å²) in [5, 5.41) is 6.21. The van der Waals surface area contributed by atoms with Crippen molar-refractivity contribution in [2.75, 3.05) is 5.32 Å². The minimum absolute atomic E-state index is 0.0407. The maximum atomic E-state index is 12.8. The van der Waals surface area contributed by atoms with E-state index in [-0.39, 0.29) is 17.2 Å². The van der Waals surface area contributed by atoms with E-state index in [0.29, 0.717) is 18.4 Å². The van der Waals surface area contributed by atoms with Gasteiger partial charge in [0.15, 0.2) is 0 Å². The fraction of sp³-hybridized carbons (Fsp3) is 0.619. The largest absolute Gasteiger partial charge is 0.353 e. The van der Waals surface area contributed by atoms with Gasteiger partial charge < -0.3 is 10.6 Å². The van der Waals surface area contributed by atoms with E-state index in [9.17, 15) is 9.59 Å². The number of benzene rings is 1. The van der Waals surface area contributed by atoms with E-state index < -0.39 is 0 Å². The minimum Gasteiger partial charge on any atom is -0.353 e. The number of anilines is 1. The molecule has 0 spiro atoms. The summed E-state index contributed by atoms with van der Waals surface area (Å²) in [6.07, 6.45) is 8.34. The summed E-state index contributed by atoms with van der Waals surface area (Å²) >= 11 is 0. The second kappa shape index (κ2) is 7.59. The van der Waals surface area contributed by atoms with E-state index in [1.54, 1.807) is 0 Å². The molecule has 0 atom stereocenters. The van der Waals surface area contributed by atoms with Gasteiger partial charge >= 0.3 is 0 Å². The Morgan fingerprint density at radius 1 is 1.08 bits per heavy atom. The lowest BCUT2D eigenvalue weighted by molar-refractivity contribution is -0.124. The van der Waals surface area contributed by atoms with E-state index >= 15 is 0 Å². The molecule has 0 radical (unpaired) electrons. The van der Waals surface area contributed by atoms with Crippen LogP contribution in [0, 0.1) is 5.92 Å². The second-order valence-corrected chi connectivity index (χ2v) is 8.11. The summed E-state index contributed by atoms with van der Waals surface area (Å²) in [5.74, 6) is 0.576. The molecule has 2 N–H and O–H groups in total. The normalized spacial score (nSPS) is 19.5. The topological polar surface area (TPSA) is 58.2 Å². The zero-order valence-corrected chi connectivity index (χ0v) is 15.4. The molecule has 4 heteroatoms. The molecule has 0 saturated heterocycles. The Bertz CT molecular complexity index is 611. The van der Waals surface area contributed by atoms with Gasteiger partial charge in [0.2, 0.25) is 11.8 Å². The summed E-state index contributed by atoms with van der Waals surface area (Å²) < 4.78 is 0.